The largest absolute Gasteiger partial charge is 0.377 e. The van der Waals surface area contributed by atoms with Crippen LogP contribution in [0.2, 0.25) is 0 Å². The van der Waals surface area contributed by atoms with Crippen LogP contribution in [0.1, 0.15) is 54.8 Å². The second kappa shape index (κ2) is 5.83. The van der Waals surface area contributed by atoms with Gasteiger partial charge in [-0.1, -0.05) is 72.3 Å². The number of para-hydroxylation sites is 1. The van der Waals surface area contributed by atoms with E-state index in [1.807, 2.05) is 0 Å². The number of halogens is 1. The van der Waals surface area contributed by atoms with E-state index in [0.717, 1.165) is 10.9 Å². The zero-order chi connectivity index (χ0) is 16.0. The van der Waals surface area contributed by atoms with Gasteiger partial charge in [0.2, 0.25) is 0 Å². The van der Waals surface area contributed by atoms with Crippen LogP contribution in [-0.4, -0.2) is 0 Å². The quantitative estimate of drug-likeness (QED) is 0.605. The summed E-state index contributed by atoms with van der Waals surface area (Å²) in [4.78, 5) is 0. The Bertz CT molecular complexity index is 762. The van der Waals surface area contributed by atoms with E-state index >= 15 is 0 Å². The highest BCUT2D eigenvalue weighted by Crippen LogP contribution is 2.51. The van der Waals surface area contributed by atoms with E-state index in [1.54, 1.807) is 0 Å². The zero-order valence-electron chi connectivity index (χ0n) is 13.6. The zero-order valence-corrected chi connectivity index (χ0v) is 15.2. The molecule has 0 saturated carbocycles. The molecule has 0 bridgehead atoms. The molecule has 0 aromatic heterocycles. The van der Waals surface area contributed by atoms with Crippen molar-refractivity contribution in [2.24, 2.45) is 5.92 Å². The summed E-state index contributed by atoms with van der Waals surface area (Å²) in [5.41, 5.74) is 5.64. The van der Waals surface area contributed by atoms with Crippen LogP contribution < -0.4 is 5.32 Å². The fourth-order valence-electron chi connectivity index (χ4n) is 4.16. The van der Waals surface area contributed by atoms with Gasteiger partial charge < -0.3 is 5.32 Å². The molecule has 1 aliphatic heterocycles. The number of anilines is 1. The highest BCUT2D eigenvalue weighted by atomic mass is 79.9. The van der Waals surface area contributed by atoms with Gasteiger partial charge in [-0.25, -0.2) is 0 Å². The molecule has 2 aliphatic rings. The Morgan fingerprint density at radius 3 is 2.74 bits per heavy atom. The summed E-state index contributed by atoms with van der Waals surface area (Å²) in [5.74, 6) is 1.68. The van der Waals surface area contributed by atoms with Gasteiger partial charge in [0.1, 0.15) is 0 Å². The number of benzene rings is 2. The first-order valence-electron chi connectivity index (χ1n) is 8.46. The smallest absolute Gasteiger partial charge is 0.0554 e. The average molecular weight is 368 g/mol. The molecular weight excluding hydrogens is 346 g/mol. The minimum Gasteiger partial charge on any atom is -0.377 e. The van der Waals surface area contributed by atoms with Gasteiger partial charge in [-0.15, -0.1) is 0 Å². The lowest BCUT2D eigenvalue weighted by Gasteiger charge is -2.39. The van der Waals surface area contributed by atoms with Gasteiger partial charge in [-0.05, 0) is 47.1 Å². The van der Waals surface area contributed by atoms with Crippen molar-refractivity contribution in [3.05, 3.63) is 75.8 Å². The lowest BCUT2D eigenvalue weighted by molar-refractivity contribution is 0.424. The summed E-state index contributed by atoms with van der Waals surface area (Å²) in [7, 11) is 0. The maximum Gasteiger partial charge on any atom is 0.0554 e. The number of hydrogen-bond acceptors (Lipinski definition) is 1. The van der Waals surface area contributed by atoms with Crippen LogP contribution in [-0.2, 0) is 0 Å². The van der Waals surface area contributed by atoms with E-state index in [1.165, 1.54) is 22.4 Å². The van der Waals surface area contributed by atoms with Crippen LogP contribution in [0.25, 0.3) is 0 Å². The number of fused-ring (bicyclic) bond motifs is 3. The van der Waals surface area contributed by atoms with Crippen molar-refractivity contribution in [1.82, 2.24) is 0 Å². The number of nitrogens with one attached hydrogen (secondary N) is 1. The highest BCUT2D eigenvalue weighted by molar-refractivity contribution is 9.10. The third kappa shape index (κ3) is 2.53. The van der Waals surface area contributed by atoms with E-state index in [-0.39, 0.29) is 0 Å². The van der Waals surface area contributed by atoms with Crippen LogP contribution in [0, 0.1) is 5.92 Å². The monoisotopic (exact) mass is 367 g/mol. The van der Waals surface area contributed by atoms with Crippen molar-refractivity contribution < 1.29 is 0 Å². The molecule has 1 aliphatic carbocycles. The highest BCUT2D eigenvalue weighted by Gasteiger charge is 2.38. The Morgan fingerprint density at radius 2 is 1.96 bits per heavy atom. The molecule has 0 radical (unpaired) electrons. The van der Waals surface area contributed by atoms with E-state index in [9.17, 15) is 0 Å². The van der Waals surface area contributed by atoms with Gasteiger partial charge >= 0.3 is 0 Å². The molecule has 3 atom stereocenters. The van der Waals surface area contributed by atoms with Gasteiger partial charge in [0.05, 0.1) is 6.04 Å². The van der Waals surface area contributed by atoms with E-state index < -0.39 is 0 Å². The average Bonchev–Trinajstić information content (AvgIpc) is 3.03. The summed E-state index contributed by atoms with van der Waals surface area (Å²) in [5, 5.41) is 3.90. The Morgan fingerprint density at radius 1 is 1.13 bits per heavy atom. The molecule has 0 spiro atoms. The second-order valence-corrected chi connectivity index (χ2v) is 7.91. The van der Waals surface area contributed by atoms with E-state index in [4.69, 9.17) is 0 Å². The normalized spacial score (nSPS) is 25.1. The van der Waals surface area contributed by atoms with Crippen LogP contribution >= 0.6 is 15.9 Å². The summed E-state index contributed by atoms with van der Waals surface area (Å²) in [6.07, 6.45) is 5.93. The first-order chi connectivity index (χ1) is 11.1. The van der Waals surface area contributed by atoms with Crippen LogP contribution in [0.4, 0.5) is 5.69 Å². The van der Waals surface area contributed by atoms with Gasteiger partial charge in [-0.2, -0.15) is 0 Å². The minimum atomic E-state index is 0.375. The predicted molar refractivity (Wildman–Crippen MR) is 101 cm³/mol. The summed E-state index contributed by atoms with van der Waals surface area (Å²) in [6, 6.07) is 15.9. The molecular formula is C21H22BrN. The van der Waals surface area contributed by atoms with Gasteiger partial charge in [0, 0.05) is 16.1 Å². The first-order valence-corrected chi connectivity index (χ1v) is 9.26. The maximum absolute atomic E-state index is 3.90. The fraction of sp³-hybridized carbons (Fsp3) is 0.333. The summed E-state index contributed by atoms with van der Waals surface area (Å²) < 4.78 is 1.15. The molecule has 0 saturated heterocycles. The number of rotatable bonds is 2. The molecule has 2 aromatic carbocycles. The van der Waals surface area contributed by atoms with Crippen LogP contribution in [0.3, 0.4) is 0 Å². The van der Waals surface area contributed by atoms with Crippen LogP contribution in [0.15, 0.2) is 59.1 Å². The third-order valence-corrected chi connectivity index (χ3v) is 5.75. The molecule has 23 heavy (non-hydrogen) atoms. The molecule has 1 heterocycles. The number of allylic oxidation sites excluding steroid dienone is 2. The molecule has 0 amide bonds. The Labute approximate surface area is 146 Å². The molecule has 0 unspecified atom stereocenters. The van der Waals surface area contributed by atoms with Crippen molar-refractivity contribution in [1.29, 1.82) is 0 Å². The van der Waals surface area contributed by atoms with E-state index in [2.05, 4.69) is 89.7 Å². The summed E-state index contributed by atoms with van der Waals surface area (Å²) >= 11 is 3.63. The first kappa shape index (κ1) is 15.0. The predicted octanol–water partition coefficient (Wildman–Crippen LogP) is 6.40. The third-order valence-electron chi connectivity index (χ3n) is 5.26. The molecule has 2 heteroatoms. The van der Waals surface area contributed by atoms with Crippen LogP contribution in [0.5, 0.6) is 0 Å². The Balaban J connectivity index is 1.83. The van der Waals surface area contributed by atoms with Crippen molar-refractivity contribution in [2.45, 2.75) is 38.1 Å². The van der Waals surface area contributed by atoms with Crippen molar-refractivity contribution >= 4 is 21.6 Å². The Kier molecular flexibility index (Phi) is 3.81. The van der Waals surface area contributed by atoms with E-state index in [0.29, 0.717) is 23.8 Å². The van der Waals surface area contributed by atoms with Crippen molar-refractivity contribution in [2.75, 3.05) is 5.32 Å². The van der Waals surface area contributed by atoms with Gasteiger partial charge in [0.15, 0.2) is 0 Å². The number of hydrogen-bond donors (Lipinski definition) is 1. The fourth-order valence-corrected chi connectivity index (χ4v) is 4.57. The molecule has 1 N–H and O–H groups in total. The summed E-state index contributed by atoms with van der Waals surface area (Å²) in [6.45, 7) is 4.56. The molecule has 1 nitrogen and oxygen atoms in total. The molecule has 0 fully saturated rings. The standard InChI is InChI=1S/C21H22BrN/c1-13(2)16-8-4-11-19-17-9-5-10-18(17)20(23-21(16)19)14-6-3-7-15(22)12-14/h3-9,11-13,17-18,20,23H,10H2,1-2H3/t17-,18+,20+/m0/s1. The topological polar surface area (TPSA) is 12.0 Å². The van der Waals surface area contributed by atoms with Gasteiger partial charge in [-0.3, -0.25) is 0 Å². The molecule has 4 rings (SSSR count). The maximum atomic E-state index is 3.90. The lowest BCUT2D eigenvalue weighted by atomic mass is 9.75. The van der Waals surface area contributed by atoms with Crippen molar-refractivity contribution in [3.8, 4) is 0 Å². The second-order valence-electron chi connectivity index (χ2n) is 7.00. The van der Waals surface area contributed by atoms with Crippen molar-refractivity contribution in [3.63, 3.8) is 0 Å². The van der Waals surface area contributed by atoms with Gasteiger partial charge in [0.25, 0.3) is 0 Å². The SMILES string of the molecule is CC(C)c1cccc2c1N[C@H](c1cccc(Br)c1)[C@@H]1CC=C[C@H]21. The molecule has 2 aromatic rings. The minimum absolute atomic E-state index is 0.375. The lowest BCUT2D eigenvalue weighted by Crippen LogP contribution is -2.29. The molecule has 118 valence electrons. The Hall–Kier alpha value is -1.54.